The summed E-state index contributed by atoms with van der Waals surface area (Å²) in [5.74, 6) is 0.202. The van der Waals surface area contributed by atoms with E-state index >= 15 is 0 Å². The van der Waals surface area contributed by atoms with Crippen LogP contribution >= 0.6 is 34.7 Å². The molecule has 0 saturated carbocycles. The highest BCUT2D eigenvalue weighted by atomic mass is 35.5. The molecule has 2 heterocycles. The van der Waals surface area contributed by atoms with Crippen LogP contribution in [0.4, 0.5) is 5.13 Å². The summed E-state index contributed by atoms with van der Waals surface area (Å²) in [5.41, 5.74) is 1.23. The van der Waals surface area contributed by atoms with E-state index in [4.69, 9.17) is 11.6 Å². The number of hydrogen-bond acceptors (Lipinski definition) is 8. The number of likely N-dealkylation sites (N-methyl/N-ethyl adjacent to an activating group) is 1. The van der Waals surface area contributed by atoms with Gasteiger partial charge in [-0.2, -0.15) is 4.31 Å². The van der Waals surface area contributed by atoms with Crippen LogP contribution in [-0.2, 0) is 15.8 Å². The lowest BCUT2D eigenvalue weighted by molar-refractivity contribution is 0.102. The van der Waals surface area contributed by atoms with Crippen LogP contribution in [0.5, 0.6) is 0 Å². The molecule has 33 heavy (non-hydrogen) atoms. The molecule has 0 unspecified atom stereocenters. The quantitative estimate of drug-likeness (QED) is 0.373. The Balaban J connectivity index is 1.45. The summed E-state index contributed by atoms with van der Waals surface area (Å²) < 4.78 is 28.2. The van der Waals surface area contributed by atoms with E-state index in [0.29, 0.717) is 35.7 Å². The normalized spacial score (nSPS) is 15.5. The Bertz CT molecular complexity index is 1230. The molecule has 8 nitrogen and oxygen atoms in total. The maximum atomic E-state index is 13.0. The van der Waals surface area contributed by atoms with Gasteiger partial charge < -0.3 is 4.90 Å². The summed E-state index contributed by atoms with van der Waals surface area (Å²) >= 11 is 8.99. The number of thioether (sulfide) groups is 1. The first-order valence-corrected chi connectivity index (χ1v) is 13.7. The van der Waals surface area contributed by atoms with Crippen molar-refractivity contribution in [2.24, 2.45) is 0 Å². The smallest absolute Gasteiger partial charge is 0.259 e. The van der Waals surface area contributed by atoms with Gasteiger partial charge in [0.15, 0.2) is 4.34 Å². The highest BCUT2D eigenvalue weighted by Gasteiger charge is 2.28. The predicted molar refractivity (Wildman–Crippen MR) is 132 cm³/mol. The molecule has 0 bridgehead atoms. The lowest BCUT2D eigenvalue weighted by Crippen LogP contribution is -2.47. The Morgan fingerprint density at radius 3 is 2.58 bits per heavy atom. The summed E-state index contributed by atoms with van der Waals surface area (Å²) in [6.07, 6.45) is 0. The van der Waals surface area contributed by atoms with Crippen molar-refractivity contribution >= 4 is 55.8 Å². The number of halogens is 1. The van der Waals surface area contributed by atoms with Crippen molar-refractivity contribution in [1.82, 2.24) is 19.4 Å². The Morgan fingerprint density at radius 1 is 1.12 bits per heavy atom. The van der Waals surface area contributed by atoms with Gasteiger partial charge in [0.05, 0.1) is 15.5 Å². The first kappa shape index (κ1) is 24.1. The highest BCUT2D eigenvalue weighted by Crippen LogP contribution is 2.29. The standard InChI is InChI=1S/C21H22ClN5O3S3/c1-26-9-11-27(12-10-26)33(29,30)16-7-8-18(22)17(13-16)19(28)23-20-24-25-21(32-20)31-14-15-5-3-2-4-6-15/h2-8,13H,9-12,14H2,1H3,(H,23,24,28). The molecule has 1 aromatic heterocycles. The number of aromatic nitrogens is 2. The van der Waals surface area contributed by atoms with Gasteiger partial charge in [-0.3, -0.25) is 10.1 Å². The van der Waals surface area contributed by atoms with Gasteiger partial charge in [-0.25, -0.2) is 8.42 Å². The molecule has 1 aliphatic rings. The van der Waals surface area contributed by atoms with Crippen LogP contribution in [0.3, 0.4) is 0 Å². The largest absolute Gasteiger partial charge is 0.304 e. The maximum absolute atomic E-state index is 13.0. The lowest BCUT2D eigenvalue weighted by atomic mass is 10.2. The fraction of sp³-hybridized carbons (Fsp3) is 0.286. The van der Waals surface area contributed by atoms with Crippen LogP contribution in [0.1, 0.15) is 15.9 Å². The first-order chi connectivity index (χ1) is 15.8. The number of nitrogens with one attached hydrogen (secondary N) is 1. The molecule has 2 aromatic carbocycles. The lowest BCUT2D eigenvalue weighted by Gasteiger charge is -2.31. The molecule has 0 radical (unpaired) electrons. The van der Waals surface area contributed by atoms with E-state index in [1.54, 1.807) is 0 Å². The van der Waals surface area contributed by atoms with E-state index < -0.39 is 15.9 Å². The van der Waals surface area contributed by atoms with Crippen LogP contribution in [0, 0.1) is 0 Å². The third-order valence-electron chi connectivity index (χ3n) is 5.11. The molecule has 12 heteroatoms. The Labute approximate surface area is 206 Å². The van der Waals surface area contributed by atoms with E-state index in [2.05, 4.69) is 20.4 Å². The average Bonchev–Trinajstić information content (AvgIpc) is 3.26. The van der Waals surface area contributed by atoms with Crippen LogP contribution in [0.2, 0.25) is 5.02 Å². The average molecular weight is 524 g/mol. The second-order valence-electron chi connectivity index (χ2n) is 7.45. The van der Waals surface area contributed by atoms with Crippen LogP contribution < -0.4 is 5.32 Å². The Morgan fingerprint density at radius 2 is 1.85 bits per heavy atom. The SMILES string of the molecule is CN1CCN(S(=O)(=O)c2ccc(Cl)c(C(=O)Nc3nnc(SCc4ccccc4)s3)c2)CC1. The summed E-state index contributed by atoms with van der Waals surface area (Å²) in [4.78, 5) is 15.0. The molecular formula is C21H22ClN5O3S3. The number of piperazine rings is 1. The molecule has 4 rings (SSSR count). The third-order valence-corrected chi connectivity index (χ3v) is 9.38. The minimum Gasteiger partial charge on any atom is -0.304 e. The zero-order valence-corrected chi connectivity index (χ0v) is 21.0. The topological polar surface area (TPSA) is 95.5 Å². The number of carbonyl (C=O) groups is 1. The van der Waals surface area contributed by atoms with Gasteiger partial charge in [-0.05, 0) is 30.8 Å². The molecule has 1 amide bonds. The first-order valence-electron chi connectivity index (χ1n) is 10.1. The van der Waals surface area contributed by atoms with E-state index in [1.165, 1.54) is 45.6 Å². The number of anilines is 1. The minimum atomic E-state index is -3.72. The fourth-order valence-electron chi connectivity index (χ4n) is 3.22. The summed E-state index contributed by atoms with van der Waals surface area (Å²) in [6.45, 7) is 2.11. The summed E-state index contributed by atoms with van der Waals surface area (Å²) in [6, 6.07) is 14.1. The van der Waals surface area contributed by atoms with E-state index in [1.807, 2.05) is 37.4 Å². The maximum Gasteiger partial charge on any atom is 0.259 e. The molecule has 3 aromatic rings. The molecule has 174 valence electrons. The molecule has 0 atom stereocenters. The highest BCUT2D eigenvalue weighted by molar-refractivity contribution is 8.00. The second kappa shape index (κ2) is 10.5. The van der Waals surface area contributed by atoms with E-state index in [-0.39, 0.29) is 15.5 Å². The van der Waals surface area contributed by atoms with Gasteiger partial charge in [0.2, 0.25) is 15.2 Å². The number of carbonyl (C=O) groups excluding carboxylic acids is 1. The number of nitrogens with zero attached hydrogens (tertiary/aromatic N) is 4. The molecule has 1 fully saturated rings. The van der Waals surface area contributed by atoms with Gasteiger partial charge in [-0.1, -0.05) is 65.0 Å². The van der Waals surface area contributed by atoms with Crippen molar-refractivity contribution in [1.29, 1.82) is 0 Å². The number of sulfonamides is 1. The van der Waals surface area contributed by atoms with Crippen LogP contribution in [0.25, 0.3) is 0 Å². The molecule has 1 aliphatic heterocycles. The zero-order chi connectivity index (χ0) is 23.4. The predicted octanol–water partition coefficient (Wildman–Crippen LogP) is 3.67. The zero-order valence-electron chi connectivity index (χ0n) is 17.8. The fourth-order valence-corrected chi connectivity index (χ4v) is 6.57. The number of rotatable bonds is 7. The van der Waals surface area contributed by atoms with Crippen LogP contribution in [0.15, 0.2) is 57.8 Å². The van der Waals surface area contributed by atoms with Crippen LogP contribution in [-0.4, -0.2) is 67.0 Å². The van der Waals surface area contributed by atoms with Gasteiger partial charge >= 0.3 is 0 Å². The summed E-state index contributed by atoms with van der Waals surface area (Å²) in [5, 5.41) is 11.3. The minimum absolute atomic E-state index is 0.0398. The van der Waals surface area contributed by atoms with Crippen molar-refractivity contribution in [2.75, 3.05) is 38.5 Å². The molecular weight excluding hydrogens is 502 g/mol. The molecule has 0 spiro atoms. The number of hydrogen-bond donors (Lipinski definition) is 1. The van der Waals surface area contributed by atoms with Gasteiger partial charge in [0.1, 0.15) is 0 Å². The van der Waals surface area contributed by atoms with E-state index in [9.17, 15) is 13.2 Å². The Kier molecular flexibility index (Phi) is 7.67. The van der Waals surface area contributed by atoms with Gasteiger partial charge in [-0.15, -0.1) is 10.2 Å². The van der Waals surface area contributed by atoms with Crippen molar-refractivity contribution in [3.05, 3.63) is 64.7 Å². The van der Waals surface area contributed by atoms with Gasteiger partial charge in [0.25, 0.3) is 5.91 Å². The summed E-state index contributed by atoms with van der Waals surface area (Å²) in [7, 11) is -1.77. The van der Waals surface area contributed by atoms with E-state index in [0.717, 1.165) is 11.3 Å². The molecule has 1 saturated heterocycles. The van der Waals surface area contributed by atoms with Crippen molar-refractivity contribution in [3.63, 3.8) is 0 Å². The second-order valence-corrected chi connectivity index (χ2v) is 12.0. The monoisotopic (exact) mass is 523 g/mol. The van der Waals surface area contributed by atoms with Crippen molar-refractivity contribution < 1.29 is 13.2 Å². The molecule has 1 N–H and O–H groups in total. The number of amides is 1. The van der Waals surface area contributed by atoms with Crippen molar-refractivity contribution in [3.8, 4) is 0 Å². The van der Waals surface area contributed by atoms with Gasteiger partial charge in [0, 0.05) is 31.9 Å². The number of benzene rings is 2. The molecule has 0 aliphatic carbocycles. The van der Waals surface area contributed by atoms with Crippen molar-refractivity contribution in [2.45, 2.75) is 15.0 Å². The third kappa shape index (κ3) is 5.92. The Hall–Kier alpha value is -2.02.